The van der Waals surface area contributed by atoms with Gasteiger partial charge in [-0.1, -0.05) is 30.3 Å². The minimum Gasteiger partial charge on any atom is -0.374 e. The molecule has 126 valence electrons. The Labute approximate surface area is 155 Å². The zero-order valence-electron chi connectivity index (χ0n) is 13.7. The van der Waals surface area contributed by atoms with Crippen molar-refractivity contribution in [3.63, 3.8) is 0 Å². The molecule has 0 heterocycles. The molecule has 2 N–H and O–H groups in total. The predicted octanol–water partition coefficient (Wildman–Crippen LogP) is 3.30. The van der Waals surface area contributed by atoms with E-state index in [-0.39, 0.29) is 30.1 Å². The van der Waals surface area contributed by atoms with Crippen LogP contribution in [0.1, 0.15) is 25.0 Å². The van der Waals surface area contributed by atoms with E-state index in [0.29, 0.717) is 0 Å². The smallest absolute Gasteiger partial charge is 0.191 e. The molecular formula is C16H28IN3OS. The number of aliphatic imine (C=N–C) groups is 1. The molecule has 0 bridgehead atoms. The fourth-order valence-electron chi connectivity index (χ4n) is 1.85. The summed E-state index contributed by atoms with van der Waals surface area (Å²) < 4.78 is 5.84. The number of hydrogen-bond donors (Lipinski definition) is 2. The molecule has 0 amide bonds. The Hall–Kier alpha value is -0.470. The number of nitrogens with one attached hydrogen (secondary N) is 2. The highest BCUT2D eigenvalue weighted by molar-refractivity contribution is 14.0. The number of hydrogen-bond acceptors (Lipinski definition) is 3. The lowest BCUT2D eigenvalue weighted by molar-refractivity contribution is 0.0646. The number of ether oxygens (including phenoxy) is 1. The van der Waals surface area contributed by atoms with E-state index in [9.17, 15) is 0 Å². The van der Waals surface area contributed by atoms with Crippen molar-refractivity contribution in [1.29, 1.82) is 0 Å². The summed E-state index contributed by atoms with van der Waals surface area (Å²) in [5.41, 5.74) is 1.22. The summed E-state index contributed by atoms with van der Waals surface area (Å²) in [7, 11) is 1.79. The number of halogens is 1. The van der Waals surface area contributed by atoms with Crippen LogP contribution >= 0.6 is 35.7 Å². The van der Waals surface area contributed by atoms with Crippen LogP contribution in [0.2, 0.25) is 0 Å². The largest absolute Gasteiger partial charge is 0.374 e. The molecule has 0 aliphatic heterocycles. The third-order valence-corrected chi connectivity index (χ3v) is 3.69. The Bertz CT molecular complexity index is 404. The summed E-state index contributed by atoms with van der Waals surface area (Å²) in [5.74, 6) is 1.94. The van der Waals surface area contributed by atoms with Crippen molar-refractivity contribution < 1.29 is 4.74 Å². The molecule has 0 saturated carbocycles. The quantitative estimate of drug-likeness (QED) is 0.269. The molecule has 1 aromatic rings. The molecule has 0 radical (unpaired) electrons. The summed E-state index contributed by atoms with van der Waals surface area (Å²) in [6.45, 7) is 4.62. The topological polar surface area (TPSA) is 45.7 Å². The molecule has 22 heavy (non-hydrogen) atoms. The van der Waals surface area contributed by atoms with E-state index in [2.05, 4.69) is 40.9 Å². The second kappa shape index (κ2) is 14.1. The van der Waals surface area contributed by atoms with Crippen molar-refractivity contribution in [2.75, 3.05) is 38.8 Å². The second-order valence-electron chi connectivity index (χ2n) is 4.70. The fourth-order valence-corrected chi connectivity index (χ4v) is 2.16. The van der Waals surface area contributed by atoms with Crippen LogP contribution in [-0.2, 0) is 4.74 Å². The van der Waals surface area contributed by atoms with Crippen molar-refractivity contribution in [2.45, 2.75) is 19.4 Å². The summed E-state index contributed by atoms with van der Waals surface area (Å²) in [4.78, 5) is 4.18. The van der Waals surface area contributed by atoms with E-state index in [1.807, 2.05) is 30.0 Å². The van der Waals surface area contributed by atoms with Crippen LogP contribution in [0.15, 0.2) is 35.3 Å². The Morgan fingerprint density at radius 1 is 1.23 bits per heavy atom. The average Bonchev–Trinajstić information content (AvgIpc) is 2.53. The van der Waals surface area contributed by atoms with Crippen LogP contribution < -0.4 is 10.6 Å². The molecule has 1 unspecified atom stereocenters. The molecule has 1 rings (SSSR count). The van der Waals surface area contributed by atoms with Gasteiger partial charge in [-0.25, -0.2) is 0 Å². The first-order chi connectivity index (χ1) is 10.3. The molecule has 1 aromatic carbocycles. The highest BCUT2D eigenvalue weighted by Crippen LogP contribution is 2.15. The Kier molecular flexibility index (Phi) is 13.8. The van der Waals surface area contributed by atoms with Crippen molar-refractivity contribution >= 4 is 41.7 Å². The highest BCUT2D eigenvalue weighted by atomic mass is 127. The predicted molar refractivity (Wildman–Crippen MR) is 109 cm³/mol. The Balaban J connectivity index is 0.00000441. The molecular weight excluding hydrogens is 409 g/mol. The van der Waals surface area contributed by atoms with Gasteiger partial charge in [0.1, 0.15) is 0 Å². The molecule has 0 fully saturated rings. The maximum atomic E-state index is 5.84. The molecule has 0 aliphatic rings. The van der Waals surface area contributed by atoms with Gasteiger partial charge in [-0.05, 0) is 25.2 Å². The van der Waals surface area contributed by atoms with Gasteiger partial charge in [-0.15, -0.1) is 24.0 Å². The standard InChI is InChI=1S/C16H27N3OS.HI/c1-14(15-8-5-4-6-9-15)20-12-7-10-18-16(17-2)19-11-13-21-3;/h4-6,8-9,14H,7,10-13H2,1-3H3,(H2,17,18,19);1H. The number of thioether (sulfide) groups is 1. The lowest BCUT2D eigenvalue weighted by Crippen LogP contribution is -2.39. The molecule has 4 nitrogen and oxygen atoms in total. The highest BCUT2D eigenvalue weighted by Gasteiger charge is 2.04. The molecule has 1 atom stereocenters. The normalized spacial score (nSPS) is 12.4. The third-order valence-electron chi connectivity index (χ3n) is 3.07. The summed E-state index contributed by atoms with van der Waals surface area (Å²) in [6, 6.07) is 10.3. The maximum absolute atomic E-state index is 5.84. The van der Waals surface area contributed by atoms with Crippen LogP contribution in [0.3, 0.4) is 0 Å². The summed E-state index contributed by atoms with van der Waals surface area (Å²) in [5, 5.41) is 6.56. The zero-order valence-corrected chi connectivity index (χ0v) is 16.8. The summed E-state index contributed by atoms with van der Waals surface area (Å²) in [6.07, 6.45) is 3.20. The van der Waals surface area contributed by atoms with Crippen LogP contribution in [0.5, 0.6) is 0 Å². The number of rotatable bonds is 9. The van der Waals surface area contributed by atoms with Crippen LogP contribution in [0, 0.1) is 0 Å². The van der Waals surface area contributed by atoms with Crippen molar-refractivity contribution in [3.8, 4) is 0 Å². The lowest BCUT2D eigenvalue weighted by Gasteiger charge is -2.14. The minimum absolute atomic E-state index is 0. The van der Waals surface area contributed by atoms with Crippen LogP contribution in [0.25, 0.3) is 0 Å². The van der Waals surface area contributed by atoms with Gasteiger partial charge in [0, 0.05) is 32.5 Å². The average molecular weight is 437 g/mol. The third kappa shape index (κ3) is 9.53. The molecule has 0 aromatic heterocycles. The molecule has 0 aliphatic carbocycles. The number of nitrogens with zero attached hydrogens (tertiary/aromatic N) is 1. The van der Waals surface area contributed by atoms with Crippen LogP contribution in [-0.4, -0.2) is 44.7 Å². The lowest BCUT2D eigenvalue weighted by atomic mass is 10.1. The van der Waals surface area contributed by atoms with Gasteiger partial charge < -0.3 is 15.4 Å². The first-order valence-electron chi connectivity index (χ1n) is 7.38. The van der Waals surface area contributed by atoms with Crippen molar-refractivity contribution in [3.05, 3.63) is 35.9 Å². The van der Waals surface area contributed by atoms with Gasteiger partial charge in [0.2, 0.25) is 0 Å². The molecule has 6 heteroatoms. The van der Waals surface area contributed by atoms with Crippen molar-refractivity contribution in [2.24, 2.45) is 4.99 Å². The van der Waals surface area contributed by atoms with Gasteiger partial charge in [0.05, 0.1) is 6.10 Å². The maximum Gasteiger partial charge on any atom is 0.191 e. The van der Waals surface area contributed by atoms with Gasteiger partial charge in [0.25, 0.3) is 0 Å². The van der Waals surface area contributed by atoms with Crippen molar-refractivity contribution in [1.82, 2.24) is 10.6 Å². The SMILES string of the molecule is CN=C(NCCCOC(C)c1ccccc1)NCCSC.I. The van der Waals surface area contributed by atoms with Gasteiger partial charge >= 0.3 is 0 Å². The number of guanidine groups is 1. The van der Waals surface area contributed by atoms with E-state index >= 15 is 0 Å². The Morgan fingerprint density at radius 3 is 2.55 bits per heavy atom. The zero-order chi connectivity index (χ0) is 15.3. The van der Waals surface area contributed by atoms with Crippen LogP contribution in [0.4, 0.5) is 0 Å². The van der Waals surface area contributed by atoms with Gasteiger partial charge in [-0.2, -0.15) is 11.8 Å². The number of benzene rings is 1. The fraction of sp³-hybridized carbons (Fsp3) is 0.562. The summed E-state index contributed by atoms with van der Waals surface area (Å²) >= 11 is 1.82. The first-order valence-corrected chi connectivity index (χ1v) is 8.77. The van der Waals surface area contributed by atoms with E-state index in [4.69, 9.17) is 4.74 Å². The monoisotopic (exact) mass is 437 g/mol. The van der Waals surface area contributed by atoms with E-state index < -0.39 is 0 Å². The van der Waals surface area contributed by atoms with Gasteiger partial charge in [0.15, 0.2) is 5.96 Å². The van der Waals surface area contributed by atoms with Gasteiger partial charge in [-0.3, -0.25) is 4.99 Å². The van der Waals surface area contributed by atoms with E-state index in [1.54, 1.807) is 7.05 Å². The molecule has 0 spiro atoms. The van der Waals surface area contributed by atoms with E-state index in [1.165, 1.54) is 5.56 Å². The second-order valence-corrected chi connectivity index (χ2v) is 5.68. The minimum atomic E-state index is 0. The Morgan fingerprint density at radius 2 is 1.91 bits per heavy atom. The first kappa shape index (κ1) is 21.5. The van der Waals surface area contributed by atoms with E-state index in [0.717, 1.165) is 37.8 Å². The molecule has 0 saturated heterocycles.